The molecule has 1 N–H and O–H groups in total. The van der Waals surface area contributed by atoms with Crippen LogP contribution < -0.4 is 0 Å². The first-order valence-corrected chi connectivity index (χ1v) is 6.74. The highest BCUT2D eigenvalue weighted by molar-refractivity contribution is 9.10. The van der Waals surface area contributed by atoms with Gasteiger partial charge in [0.25, 0.3) is 0 Å². The molecule has 0 saturated heterocycles. The van der Waals surface area contributed by atoms with E-state index in [1.165, 1.54) is 4.88 Å². The van der Waals surface area contributed by atoms with Crippen LogP contribution in [-0.4, -0.2) is 5.11 Å². The molecule has 0 aliphatic heterocycles. The predicted molar refractivity (Wildman–Crippen MR) is 72.0 cm³/mol. The minimum absolute atomic E-state index is 0.526. The Bertz CT molecular complexity index is 484. The highest BCUT2D eigenvalue weighted by atomic mass is 79.9. The topological polar surface area (TPSA) is 20.2 Å². The van der Waals surface area contributed by atoms with Crippen molar-refractivity contribution in [3.8, 4) is 0 Å². The molecule has 1 aromatic carbocycles. The first-order chi connectivity index (χ1) is 7.58. The zero-order valence-corrected chi connectivity index (χ0v) is 11.6. The summed E-state index contributed by atoms with van der Waals surface area (Å²) in [6, 6.07) is 8.01. The molecule has 0 bridgehead atoms. The molecule has 2 aromatic rings. The van der Waals surface area contributed by atoms with E-state index in [1.54, 1.807) is 11.3 Å². The van der Waals surface area contributed by atoms with E-state index in [1.807, 2.05) is 43.5 Å². The summed E-state index contributed by atoms with van der Waals surface area (Å²) in [6.07, 6.45) is -0.526. The van der Waals surface area contributed by atoms with Crippen molar-refractivity contribution in [1.82, 2.24) is 0 Å². The van der Waals surface area contributed by atoms with Crippen molar-refractivity contribution in [2.75, 3.05) is 0 Å². The maximum Gasteiger partial charge on any atom is 0.105 e. The van der Waals surface area contributed by atoms with E-state index < -0.39 is 6.10 Å². The van der Waals surface area contributed by atoms with Crippen molar-refractivity contribution in [3.63, 3.8) is 0 Å². The summed E-state index contributed by atoms with van der Waals surface area (Å²) in [4.78, 5) is 1.17. The highest BCUT2D eigenvalue weighted by Crippen LogP contribution is 2.30. The molecule has 1 aromatic heterocycles. The van der Waals surface area contributed by atoms with E-state index in [-0.39, 0.29) is 0 Å². The fourth-order valence-corrected chi connectivity index (χ4v) is 3.14. The molecule has 1 nitrogen and oxygen atoms in total. The van der Waals surface area contributed by atoms with E-state index in [0.29, 0.717) is 0 Å². The molecule has 0 radical (unpaired) electrons. The molecule has 0 saturated carbocycles. The summed E-state index contributed by atoms with van der Waals surface area (Å²) in [5.74, 6) is 0. The molecule has 1 heterocycles. The molecule has 16 heavy (non-hydrogen) atoms. The van der Waals surface area contributed by atoms with Gasteiger partial charge in [-0.3, -0.25) is 0 Å². The van der Waals surface area contributed by atoms with Crippen LogP contribution in [-0.2, 0) is 0 Å². The lowest BCUT2D eigenvalue weighted by Crippen LogP contribution is -2.00. The van der Waals surface area contributed by atoms with Crippen LogP contribution in [0.3, 0.4) is 0 Å². The van der Waals surface area contributed by atoms with Gasteiger partial charge in [0, 0.05) is 9.35 Å². The Hall–Kier alpha value is -0.640. The number of aryl methyl sites for hydroxylation is 2. The van der Waals surface area contributed by atoms with Crippen LogP contribution in [0.1, 0.15) is 27.7 Å². The largest absolute Gasteiger partial charge is 0.384 e. The quantitative estimate of drug-likeness (QED) is 0.880. The number of hydrogen-bond acceptors (Lipinski definition) is 2. The molecule has 0 aliphatic rings. The average Bonchev–Trinajstić information content (AvgIpc) is 2.62. The summed E-state index contributed by atoms with van der Waals surface area (Å²) in [5, 5.41) is 12.3. The lowest BCUT2D eigenvalue weighted by molar-refractivity contribution is 0.220. The third-order valence-corrected chi connectivity index (χ3v) is 3.89. The second-order valence-electron chi connectivity index (χ2n) is 3.90. The average molecular weight is 297 g/mol. The minimum Gasteiger partial charge on any atom is -0.384 e. The van der Waals surface area contributed by atoms with Crippen LogP contribution in [0.15, 0.2) is 34.1 Å². The lowest BCUT2D eigenvalue weighted by atomic mass is 10.0. The number of halogens is 1. The number of thiophene rings is 1. The number of aliphatic hydroxyl groups is 1. The van der Waals surface area contributed by atoms with E-state index in [0.717, 1.165) is 21.2 Å². The summed E-state index contributed by atoms with van der Waals surface area (Å²) in [7, 11) is 0. The maximum atomic E-state index is 10.3. The Kier molecular flexibility index (Phi) is 3.47. The van der Waals surface area contributed by atoms with Gasteiger partial charge in [-0.25, -0.2) is 0 Å². The highest BCUT2D eigenvalue weighted by Gasteiger charge is 2.14. The van der Waals surface area contributed by atoms with Crippen molar-refractivity contribution >= 4 is 27.3 Å². The van der Waals surface area contributed by atoms with Crippen LogP contribution in [0.2, 0.25) is 0 Å². The molecule has 3 heteroatoms. The fourth-order valence-electron chi connectivity index (χ4n) is 1.78. The zero-order chi connectivity index (χ0) is 11.7. The zero-order valence-electron chi connectivity index (χ0n) is 9.20. The summed E-state index contributed by atoms with van der Waals surface area (Å²) < 4.78 is 1.01. The van der Waals surface area contributed by atoms with E-state index >= 15 is 0 Å². The lowest BCUT2D eigenvalue weighted by Gasteiger charge is -2.12. The normalized spacial score (nSPS) is 12.8. The van der Waals surface area contributed by atoms with Crippen LogP contribution in [0, 0.1) is 13.8 Å². The molecule has 0 aliphatic carbocycles. The smallest absolute Gasteiger partial charge is 0.105 e. The Morgan fingerprint density at radius 1 is 1.25 bits per heavy atom. The SMILES string of the molecule is Cc1cc(Br)cc(C(O)c2ccsc2C)c1. The maximum absolute atomic E-state index is 10.3. The Morgan fingerprint density at radius 3 is 2.56 bits per heavy atom. The molecular weight excluding hydrogens is 284 g/mol. The van der Waals surface area contributed by atoms with Crippen LogP contribution >= 0.6 is 27.3 Å². The van der Waals surface area contributed by atoms with Gasteiger partial charge >= 0.3 is 0 Å². The number of hydrogen-bond donors (Lipinski definition) is 1. The van der Waals surface area contributed by atoms with Gasteiger partial charge in [-0.2, -0.15) is 0 Å². The molecule has 1 unspecified atom stereocenters. The fraction of sp³-hybridized carbons (Fsp3) is 0.231. The van der Waals surface area contributed by atoms with Crippen molar-refractivity contribution in [1.29, 1.82) is 0 Å². The first-order valence-electron chi connectivity index (χ1n) is 5.07. The van der Waals surface area contributed by atoms with E-state index in [2.05, 4.69) is 15.9 Å². The molecule has 0 spiro atoms. The summed E-state index contributed by atoms with van der Waals surface area (Å²) in [5.41, 5.74) is 3.09. The van der Waals surface area contributed by atoms with Gasteiger partial charge < -0.3 is 5.11 Å². The standard InChI is InChI=1S/C13H13BrOS/c1-8-5-10(7-11(14)6-8)13(15)12-3-4-16-9(12)2/h3-7,13,15H,1-2H3. The van der Waals surface area contributed by atoms with Gasteiger partial charge in [0.2, 0.25) is 0 Å². The van der Waals surface area contributed by atoms with Gasteiger partial charge in [-0.05, 0) is 54.1 Å². The Balaban J connectivity index is 2.41. The Labute approximate surface area is 108 Å². The van der Waals surface area contributed by atoms with Crippen LogP contribution in [0.4, 0.5) is 0 Å². The van der Waals surface area contributed by atoms with Crippen LogP contribution in [0.5, 0.6) is 0 Å². The molecule has 2 rings (SSSR count). The van der Waals surface area contributed by atoms with Crippen molar-refractivity contribution in [2.45, 2.75) is 20.0 Å². The summed E-state index contributed by atoms with van der Waals surface area (Å²) in [6.45, 7) is 4.06. The van der Waals surface area contributed by atoms with Gasteiger partial charge in [-0.15, -0.1) is 11.3 Å². The molecular formula is C13H13BrOS. The van der Waals surface area contributed by atoms with Gasteiger partial charge in [0.1, 0.15) is 6.10 Å². The van der Waals surface area contributed by atoms with Crippen molar-refractivity contribution in [3.05, 3.63) is 55.7 Å². The third kappa shape index (κ3) is 2.37. The van der Waals surface area contributed by atoms with Crippen molar-refractivity contribution < 1.29 is 5.11 Å². The minimum atomic E-state index is -0.526. The van der Waals surface area contributed by atoms with Crippen LogP contribution in [0.25, 0.3) is 0 Å². The number of benzene rings is 1. The number of aliphatic hydroxyl groups excluding tert-OH is 1. The summed E-state index contributed by atoms with van der Waals surface area (Å²) >= 11 is 5.12. The Morgan fingerprint density at radius 2 is 2.00 bits per heavy atom. The van der Waals surface area contributed by atoms with Crippen molar-refractivity contribution in [2.24, 2.45) is 0 Å². The molecule has 1 atom stereocenters. The van der Waals surface area contributed by atoms with Gasteiger partial charge in [0.15, 0.2) is 0 Å². The predicted octanol–water partition coefficient (Wildman–Crippen LogP) is 4.21. The van der Waals surface area contributed by atoms with E-state index in [4.69, 9.17) is 0 Å². The molecule has 0 amide bonds. The van der Waals surface area contributed by atoms with Gasteiger partial charge in [0.05, 0.1) is 0 Å². The monoisotopic (exact) mass is 296 g/mol. The molecule has 84 valence electrons. The molecule has 0 fully saturated rings. The second kappa shape index (κ2) is 4.70. The van der Waals surface area contributed by atoms with E-state index in [9.17, 15) is 5.11 Å². The first kappa shape index (κ1) is 11.8. The third-order valence-electron chi connectivity index (χ3n) is 2.57. The number of rotatable bonds is 2. The van der Waals surface area contributed by atoms with Gasteiger partial charge in [-0.1, -0.05) is 22.0 Å². The second-order valence-corrected chi connectivity index (χ2v) is 5.93.